The Morgan fingerprint density at radius 3 is 2.40 bits per heavy atom. The Hall–Kier alpha value is -3.13. The molecule has 228 valence electrons. The molecule has 0 N–H and O–H groups in total. The van der Waals surface area contributed by atoms with Crippen molar-refractivity contribution < 1.29 is 28.6 Å². The van der Waals surface area contributed by atoms with Gasteiger partial charge in [-0.25, -0.2) is 4.79 Å². The van der Waals surface area contributed by atoms with E-state index in [1.165, 1.54) is 25.1 Å². The summed E-state index contributed by atoms with van der Waals surface area (Å²) >= 11 is 0. The van der Waals surface area contributed by atoms with Crippen LogP contribution in [0.2, 0.25) is 0 Å². The van der Waals surface area contributed by atoms with Crippen LogP contribution in [0.5, 0.6) is 0 Å². The highest BCUT2D eigenvalue weighted by molar-refractivity contribution is 5.91. The molecular weight excluding hydrogens is 532 g/mol. The van der Waals surface area contributed by atoms with E-state index < -0.39 is 5.41 Å². The lowest BCUT2D eigenvalue weighted by atomic mass is 9.45. The number of esters is 3. The van der Waals surface area contributed by atoms with Gasteiger partial charge in [-0.15, -0.1) is 0 Å². The van der Waals surface area contributed by atoms with Gasteiger partial charge in [0.1, 0.15) is 19.3 Å². The first-order valence-electron chi connectivity index (χ1n) is 15.4. The Bertz CT molecular complexity index is 1220. The molecule has 0 aromatic heterocycles. The van der Waals surface area contributed by atoms with Gasteiger partial charge < -0.3 is 19.1 Å². The molecule has 0 amide bonds. The second-order valence-electron chi connectivity index (χ2n) is 13.1. The molecule has 2 aliphatic heterocycles. The molecule has 3 fully saturated rings. The number of piperazine rings is 1. The maximum Gasteiger partial charge on any atom is 0.335 e. The maximum atomic E-state index is 13.0. The molecule has 8 nitrogen and oxygen atoms in total. The summed E-state index contributed by atoms with van der Waals surface area (Å²) in [6.45, 7) is 15.9. The van der Waals surface area contributed by atoms with Gasteiger partial charge in [0.2, 0.25) is 0 Å². The Morgan fingerprint density at radius 2 is 1.79 bits per heavy atom. The number of anilines is 1. The lowest BCUT2D eigenvalue weighted by Gasteiger charge is -2.61. The van der Waals surface area contributed by atoms with Gasteiger partial charge in [0.15, 0.2) is 0 Å². The fraction of sp³-hybridized carbons (Fsp3) is 0.618. The average Bonchev–Trinajstić information content (AvgIpc) is 3.39. The van der Waals surface area contributed by atoms with Gasteiger partial charge >= 0.3 is 17.9 Å². The third-order valence-electron chi connectivity index (χ3n) is 10.7. The first kappa shape index (κ1) is 30.3. The van der Waals surface area contributed by atoms with Crippen LogP contribution in [0.15, 0.2) is 54.1 Å². The molecular formula is C34H46N2O6. The van der Waals surface area contributed by atoms with Crippen LogP contribution in [0.25, 0.3) is 0 Å². The molecule has 1 saturated heterocycles. The second-order valence-corrected chi connectivity index (χ2v) is 13.1. The van der Waals surface area contributed by atoms with Gasteiger partial charge in [-0.2, -0.15) is 0 Å². The summed E-state index contributed by atoms with van der Waals surface area (Å²) in [6.07, 6.45) is 5.72. The number of allylic oxidation sites excluding steroid dienone is 1. The molecule has 4 aliphatic rings. The van der Waals surface area contributed by atoms with Crippen molar-refractivity contribution in [1.29, 1.82) is 0 Å². The number of ether oxygens (including phenoxy) is 3. The molecule has 0 bridgehead atoms. The second kappa shape index (κ2) is 12.2. The predicted molar refractivity (Wildman–Crippen MR) is 161 cm³/mol. The van der Waals surface area contributed by atoms with E-state index in [0.717, 1.165) is 57.4 Å². The largest absolute Gasteiger partial charge is 0.465 e. The molecule has 5 rings (SSSR count). The number of nitrogens with zero attached hydrogens (tertiary/aromatic N) is 2. The third-order valence-corrected chi connectivity index (χ3v) is 10.7. The monoisotopic (exact) mass is 578 g/mol. The smallest absolute Gasteiger partial charge is 0.335 e. The molecule has 2 saturated carbocycles. The first-order chi connectivity index (χ1) is 20.0. The Labute approximate surface area is 250 Å². The van der Waals surface area contributed by atoms with E-state index in [-0.39, 0.29) is 53.9 Å². The lowest BCUT2D eigenvalue weighted by molar-refractivity contribution is -0.192. The van der Waals surface area contributed by atoms with E-state index in [9.17, 15) is 14.4 Å². The van der Waals surface area contributed by atoms with E-state index in [1.807, 2.05) is 12.1 Å². The number of carbonyl (C=O) groups excluding carboxylic acids is 3. The molecule has 6 atom stereocenters. The quantitative estimate of drug-likeness (QED) is 0.244. The summed E-state index contributed by atoms with van der Waals surface area (Å²) in [7, 11) is 0. The molecule has 0 radical (unpaired) electrons. The fourth-order valence-corrected chi connectivity index (χ4v) is 8.52. The van der Waals surface area contributed by atoms with Gasteiger partial charge in [-0.3, -0.25) is 14.5 Å². The number of carbonyl (C=O) groups is 3. The van der Waals surface area contributed by atoms with Gasteiger partial charge in [0.05, 0.1) is 5.57 Å². The van der Waals surface area contributed by atoms with E-state index in [2.05, 4.69) is 54.5 Å². The zero-order valence-corrected chi connectivity index (χ0v) is 25.6. The maximum absolute atomic E-state index is 13.0. The summed E-state index contributed by atoms with van der Waals surface area (Å²) in [5.74, 6) is -0.554. The zero-order valence-electron chi connectivity index (χ0n) is 25.6. The van der Waals surface area contributed by atoms with Crippen molar-refractivity contribution in [1.82, 2.24) is 4.90 Å². The number of fused-ring (bicyclic) bond motifs is 1. The average molecular weight is 579 g/mol. The van der Waals surface area contributed by atoms with Crippen molar-refractivity contribution in [2.75, 3.05) is 44.3 Å². The van der Waals surface area contributed by atoms with Crippen molar-refractivity contribution in [3.8, 4) is 0 Å². The lowest BCUT2D eigenvalue weighted by Crippen LogP contribution is -2.59. The number of hydrogen-bond donors (Lipinski definition) is 0. The molecule has 2 aliphatic carbocycles. The molecule has 2 heterocycles. The Kier molecular flexibility index (Phi) is 8.83. The van der Waals surface area contributed by atoms with E-state index in [1.54, 1.807) is 0 Å². The van der Waals surface area contributed by atoms with Gasteiger partial charge in [0, 0.05) is 57.2 Å². The number of para-hydroxylation sites is 1. The third kappa shape index (κ3) is 5.87. The minimum Gasteiger partial charge on any atom is -0.465 e. The van der Waals surface area contributed by atoms with Crippen molar-refractivity contribution in [3.05, 3.63) is 54.1 Å². The van der Waals surface area contributed by atoms with Gasteiger partial charge in [0.25, 0.3) is 0 Å². The summed E-state index contributed by atoms with van der Waals surface area (Å²) in [6, 6.07) is 10.4. The molecule has 42 heavy (non-hydrogen) atoms. The first-order valence-corrected chi connectivity index (χ1v) is 15.4. The van der Waals surface area contributed by atoms with Crippen molar-refractivity contribution in [2.24, 2.45) is 22.7 Å². The van der Waals surface area contributed by atoms with Crippen LogP contribution < -0.4 is 4.90 Å². The van der Waals surface area contributed by atoms with Crippen LogP contribution in [0.3, 0.4) is 0 Å². The van der Waals surface area contributed by atoms with E-state index in [4.69, 9.17) is 14.2 Å². The Balaban J connectivity index is 1.42. The van der Waals surface area contributed by atoms with Crippen molar-refractivity contribution >= 4 is 23.6 Å². The van der Waals surface area contributed by atoms with Crippen molar-refractivity contribution in [3.63, 3.8) is 0 Å². The minimum absolute atomic E-state index is 0.0684. The summed E-state index contributed by atoms with van der Waals surface area (Å²) in [4.78, 5) is 41.9. The number of benzene rings is 1. The molecule has 1 aromatic rings. The van der Waals surface area contributed by atoms with Crippen LogP contribution in [-0.2, 0) is 28.6 Å². The van der Waals surface area contributed by atoms with Gasteiger partial charge in [-0.1, -0.05) is 44.2 Å². The van der Waals surface area contributed by atoms with Crippen LogP contribution in [-0.4, -0.2) is 74.3 Å². The van der Waals surface area contributed by atoms with E-state index >= 15 is 0 Å². The topological polar surface area (TPSA) is 85.4 Å². The summed E-state index contributed by atoms with van der Waals surface area (Å²) < 4.78 is 16.9. The molecule has 8 heteroatoms. The van der Waals surface area contributed by atoms with Crippen LogP contribution in [0, 0.1) is 22.7 Å². The minimum atomic E-state index is -0.522. The van der Waals surface area contributed by atoms with E-state index in [0.29, 0.717) is 13.0 Å². The van der Waals surface area contributed by atoms with Crippen LogP contribution >= 0.6 is 0 Å². The SMILES string of the molecule is C=C1CC[C@H]2[C@](C)(COC(C)=O)[C@H](OC(C)=O)CC[C@@]2(C)[C@@H]1C[C@@H](C1=CCOC1=O)N1CCN(c2ccccc2)CC1. The normalized spacial score (nSPS) is 32.4. The highest BCUT2D eigenvalue weighted by Gasteiger charge is 2.60. The summed E-state index contributed by atoms with van der Waals surface area (Å²) in [5, 5.41) is 0. The predicted octanol–water partition coefficient (Wildman–Crippen LogP) is 4.93. The zero-order chi connectivity index (χ0) is 30.1. The highest BCUT2D eigenvalue weighted by Crippen LogP contribution is 2.63. The van der Waals surface area contributed by atoms with Crippen LogP contribution in [0.1, 0.15) is 59.8 Å². The van der Waals surface area contributed by atoms with Crippen molar-refractivity contribution in [2.45, 2.75) is 71.9 Å². The number of cyclic esters (lactones) is 1. The Morgan fingerprint density at radius 1 is 1.07 bits per heavy atom. The molecule has 1 aromatic carbocycles. The summed E-state index contributed by atoms with van der Waals surface area (Å²) in [5.41, 5.74) is 2.52. The molecule has 0 unspecified atom stereocenters. The fourth-order valence-electron chi connectivity index (χ4n) is 8.52. The standard InChI is InChI=1S/C34H46N2O6/c1-23-11-12-30-33(4,15-13-31(42-25(3)38)34(30,5)22-41-24(2)37)28(23)21-29(27-14-20-40-32(27)39)36-18-16-35(17-19-36)26-9-7-6-8-10-26/h6-10,14,28-31H,1,11-13,15-22H2,2-5H3/t28-,29+,30-,31-,33+,34+/m1/s1. The number of hydrogen-bond acceptors (Lipinski definition) is 8. The highest BCUT2D eigenvalue weighted by atomic mass is 16.6. The van der Waals surface area contributed by atoms with Crippen LogP contribution in [0.4, 0.5) is 5.69 Å². The number of rotatable bonds is 8. The molecule has 0 spiro atoms. The van der Waals surface area contributed by atoms with Gasteiger partial charge in [-0.05, 0) is 67.6 Å².